The van der Waals surface area contributed by atoms with Gasteiger partial charge in [-0.3, -0.25) is 0 Å². The summed E-state index contributed by atoms with van der Waals surface area (Å²) in [5.74, 6) is -0.266. The van der Waals surface area contributed by atoms with Gasteiger partial charge in [0.2, 0.25) is 10.0 Å². The predicted molar refractivity (Wildman–Crippen MR) is 49.8 cm³/mol. The number of rotatable bonds is 5. The Kier molecular flexibility index (Phi) is 3.79. The van der Waals surface area contributed by atoms with Gasteiger partial charge in [0.15, 0.2) is 0 Å². The summed E-state index contributed by atoms with van der Waals surface area (Å²) in [4.78, 5) is 3.91. The van der Waals surface area contributed by atoms with Gasteiger partial charge >= 0.3 is 0 Å². The van der Waals surface area contributed by atoms with Crippen LogP contribution < -0.4 is 4.72 Å². The van der Waals surface area contributed by atoms with Gasteiger partial charge in [-0.25, -0.2) is 18.1 Å². The largest absolute Gasteiger partial charge is 0.395 e. The van der Waals surface area contributed by atoms with Crippen molar-refractivity contribution in [2.24, 2.45) is 0 Å². The van der Waals surface area contributed by atoms with Crippen molar-refractivity contribution < 1.29 is 13.5 Å². The number of hydrogen-bond acceptors (Lipinski definition) is 5. The lowest BCUT2D eigenvalue weighted by atomic mass is 10.7. The third kappa shape index (κ3) is 3.81. The summed E-state index contributed by atoms with van der Waals surface area (Å²) in [7, 11) is -3.34. The van der Waals surface area contributed by atoms with Gasteiger partial charge in [-0.05, 0) is 0 Å². The van der Waals surface area contributed by atoms with E-state index in [0.717, 1.165) is 0 Å². The van der Waals surface area contributed by atoms with Crippen LogP contribution in [0.3, 0.4) is 0 Å². The molecule has 0 spiro atoms. The molecule has 1 rings (SSSR count). The van der Waals surface area contributed by atoms with Gasteiger partial charge in [-0.2, -0.15) is 0 Å². The maximum Gasteiger partial charge on any atom is 0.214 e. The number of hydrogen-bond donors (Lipinski definition) is 2. The van der Waals surface area contributed by atoms with Crippen LogP contribution in [0.5, 0.6) is 0 Å². The summed E-state index contributed by atoms with van der Waals surface area (Å²) < 4.78 is 24.4. The average Bonchev–Trinajstić information content (AvgIpc) is 2.52. The molecule has 2 N–H and O–H groups in total. The summed E-state index contributed by atoms with van der Waals surface area (Å²) in [5, 5.41) is 10.9. The van der Waals surface area contributed by atoms with Crippen LogP contribution >= 0.6 is 11.3 Å². The van der Waals surface area contributed by atoms with Crippen molar-refractivity contribution in [3.63, 3.8) is 0 Å². The minimum absolute atomic E-state index is 0.194. The topological polar surface area (TPSA) is 79.3 Å². The molecule has 0 atom stereocenters. The molecule has 5 nitrogen and oxygen atoms in total. The van der Waals surface area contributed by atoms with E-state index in [1.165, 1.54) is 11.3 Å². The Bertz CT molecular complexity index is 333. The second-order valence-electron chi connectivity index (χ2n) is 2.29. The van der Waals surface area contributed by atoms with Crippen LogP contribution in [0.4, 0.5) is 0 Å². The third-order valence-electron chi connectivity index (χ3n) is 1.29. The Morgan fingerprint density at radius 1 is 1.62 bits per heavy atom. The second kappa shape index (κ2) is 4.66. The molecule has 0 radical (unpaired) electrons. The summed E-state index contributed by atoms with van der Waals surface area (Å²) in [6, 6.07) is 0. The summed E-state index contributed by atoms with van der Waals surface area (Å²) >= 11 is 1.38. The van der Waals surface area contributed by atoms with Crippen molar-refractivity contribution in [1.29, 1.82) is 0 Å². The maximum absolute atomic E-state index is 11.0. The van der Waals surface area contributed by atoms with E-state index in [1.54, 1.807) is 11.6 Å². The van der Waals surface area contributed by atoms with Crippen molar-refractivity contribution in [1.82, 2.24) is 9.71 Å². The molecular weight excluding hydrogens is 212 g/mol. The first kappa shape index (κ1) is 10.6. The van der Waals surface area contributed by atoms with E-state index in [1.807, 2.05) is 0 Å². The van der Waals surface area contributed by atoms with E-state index >= 15 is 0 Å². The Balaban J connectivity index is 2.43. The monoisotopic (exact) mass is 222 g/mol. The molecule has 0 saturated heterocycles. The molecule has 0 amide bonds. The van der Waals surface area contributed by atoms with Crippen LogP contribution in [0.2, 0.25) is 0 Å². The normalized spacial score (nSPS) is 11.8. The number of nitrogens with zero attached hydrogens (tertiary/aromatic N) is 1. The molecule has 0 unspecified atom stereocenters. The standard InChI is InChI=1S/C6H10N2O3S2/c9-2-4-13(10,11)8-5-6-7-1-3-12-6/h1,3,8-9H,2,4-5H2. The Labute approximate surface area is 80.5 Å². The molecular formula is C6H10N2O3S2. The lowest BCUT2D eigenvalue weighted by molar-refractivity contribution is 0.319. The molecule has 0 aromatic carbocycles. The summed E-state index contributed by atoms with van der Waals surface area (Å²) in [6.45, 7) is -0.173. The van der Waals surface area contributed by atoms with Crippen molar-refractivity contribution in [3.05, 3.63) is 16.6 Å². The first-order valence-electron chi connectivity index (χ1n) is 3.60. The molecule has 0 aliphatic heterocycles. The fraction of sp³-hybridized carbons (Fsp3) is 0.500. The first-order chi connectivity index (χ1) is 6.14. The van der Waals surface area contributed by atoms with Gasteiger partial charge in [-0.1, -0.05) is 0 Å². The van der Waals surface area contributed by atoms with E-state index in [2.05, 4.69) is 9.71 Å². The van der Waals surface area contributed by atoms with Gasteiger partial charge < -0.3 is 5.11 Å². The predicted octanol–water partition coefficient (Wildman–Crippen LogP) is -0.445. The van der Waals surface area contributed by atoms with Gasteiger partial charge in [-0.15, -0.1) is 11.3 Å². The number of aliphatic hydroxyl groups excluding tert-OH is 1. The molecule has 7 heteroatoms. The molecule has 13 heavy (non-hydrogen) atoms. The van der Waals surface area contributed by atoms with Crippen LogP contribution in [-0.2, 0) is 16.6 Å². The van der Waals surface area contributed by atoms with Gasteiger partial charge in [0.1, 0.15) is 5.01 Å². The average molecular weight is 222 g/mol. The quantitative estimate of drug-likeness (QED) is 0.707. The zero-order valence-corrected chi connectivity index (χ0v) is 8.44. The van der Waals surface area contributed by atoms with Gasteiger partial charge in [0, 0.05) is 11.6 Å². The zero-order valence-electron chi connectivity index (χ0n) is 6.80. The number of sulfonamides is 1. The fourth-order valence-corrected chi connectivity index (χ4v) is 2.09. The van der Waals surface area contributed by atoms with Crippen molar-refractivity contribution in [2.45, 2.75) is 6.54 Å². The van der Waals surface area contributed by atoms with Crippen LogP contribution in [-0.4, -0.2) is 30.9 Å². The summed E-state index contributed by atoms with van der Waals surface area (Å²) in [6.07, 6.45) is 1.61. The molecule has 1 aromatic heterocycles. The Hall–Kier alpha value is -0.500. The molecule has 1 aromatic rings. The van der Waals surface area contributed by atoms with Crippen LogP contribution in [0.25, 0.3) is 0 Å². The zero-order chi connectivity index (χ0) is 9.73. The number of nitrogens with one attached hydrogen (secondary N) is 1. The SMILES string of the molecule is O=S(=O)(CCO)NCc1nccs1. The molecule has 0 aliphatic rings. The number of aromatic nitrogens is 1. The van der Waals surface area contributed by atoms with E-state index in [-0.39, 0.29) is 18.9 Å². The highest BCUT2D eigenvalue weighted by molar-refractivity contribution is 7.89. The van der Waals surface area contributed by atoms with E-state index in [9.17, 15) is 8.42 Å². The van der Waals surface area contributed by atoms with Crippen molar-refractivity contribution >= 4 is 21.4 Å². The minimum atomic E-state index is -3.34. The van der Waals surface area contributed by atoms with Gasteiger partial charge in [0.05, 0.1) is 18.9 Å². The van der Waals surface area contributed by atoms with E-state index in [4.69, 9.17) is 5.11 Å². The molecule has 0 fully saturated rings. The Morgan fingerprint density at radius 2 is 2.38 bits per heavy atom. The lowest BCUT2D eigenvalue weighted by Gasteiger charge is -2.01. The first-order valence-corrected chi connectivity index (χ1v) is 6.14. The Morgan fingerprint density at radius 3 is 2.92 bits per heavy atom. The third-order valence-corrected chi connectivity index (χ3v) is 3.37. The highest BCUT2D eigenvalue weighted by Crippen LogP contribution is 2.03. The smallest absolute Gasteiger partial charge is 0.214 e. The maximum atomic E-state index is 11.0. The number of aliphatic hydroxyl groups is 1. The van der Waals surface area contributed by atoms with Crippen LogP contribution in [0.1, 0.15) is 5.01 Å². The highest BCUT2D eigenvalue weighted by Gasteiger charge is 2.08. The van der Waals surface area contributed by atoms with Crippen molar-refractivity contribution in [3.8, 4) is 0 Å². The highest BCUT2D eigenvalue weighted by atomic mass is 32.2. The number of thiazole rings is 1. The molecule has 0 bridgehead atoms. The van der Waals surface area contributed by atoms with E-state index < -0.39 is 10.0 Å². The molecule has 74 valence electrons. The second-order valence-corrected chi connectivity index (χ2v) is 5.19. The van der Waals surface area contributed by atoms with E-state index in [0.29, 0.717) is 5.01 Å². The molecule has 1 heterocycles. The van der Waals surface area contributed by atoms with Crippen LogP contribution in [0, 0.1) is 0 Å². The van der Waals surface area contributed by atoms with Crippen LogP contribution in [0.15, 0.2) is 11.6 Å². The fourth-order valence-electron chi connectivity index (χ4n) is 0.704. The van der Waals surface area contributed by atoms with Gasteiger partial charge in [0.25, 0.3) is 0 Å². The minimum Gasteiger partial charge on any atom is -0.395 e. The molecule has 0 saturated carbocycles. The van der Waals surface area contributed by atoms with Crippen molar-refractivity contribution in [2.75, 3.05) is 12.4 Å². The molecule has 0 aliphatic carbocycles. The lowest BCUT2D eigenvalue weighted by Crippen LogP contribution is -2.27. The summed E-state index contributed by atoms with van der Waals surface area (Å²) in [5.41, 5.74) is 0.